The van der Waals surface area contributed by atoms with E-state index in [4.69, 9.17) is 0 Å². The van der Waals surface area contributed by atoms with Crippen molar-refractivity contribution in [3.05, 3.63) is 39.8 Å². The number of nitrogens with one attached hydrogen (secondary N) is 1. The molecule has 3 rings (SSSR count). The van der Waals surface area contributed by atoms with Gasteiger partial charge in [-0.25, -0.2) is 9.97 Å². The van der Waals surface area contributed by atoms with Crippen molar-refractivity contribution in [2.75, 3.05) is 6.54 Å². The van der Waals surface area contributed by atoms with E-state index >= 15 is 0 Å². The molecule has 1 aliphatic rings. The number of hydrogen-bond donors (Lipinski definition) is 1. The molecule has 0 atom stereocenters. The van der Waals surface area contributed by atoms with Gasteiger partial charge in [0, 0.05) is 22.9 Å². The lowest BCUT2D eigenvalue weighted by molar-refractivity contribution is 0.617. The third kappa shape index (κ3) is 2.53. The zero-order valence-corrected chi connectivity index (χ0v) is 12.4. The van der Waals surface area contributed by atoms with Crippen LogP contribution in [0, 0.1) is 0 Å². The van der Waals surface area contributed by atoms with Gasteiger partial charge in [0.1, 0.15) is 5.69 Å². The number of fused-ring (bicyclic) bond motifs is 1. The topological polar surface area (TPSA) is 50.7 Å². The molecule has 0 saturated heterocycles. The number of hydrogen-bond acceptors (Lipinski definition) is 4. The molecule has 2 aromatic rings. The van der Waals surface area contributed by atoms with Crippen molar-refractivity contribution in [3.63, 3.8) is 0 Å². The number of aryl methyl sites for hydroxylation is 1. The van der Waals surface area contributed by atoms with Crippen LogP contribution in [-0.2, 0) is 19.4 Å². The highest BCUT2D eigenvalue weighted by Gasteiger charge is 2.17. The van der Waals surface area contributed by atoms with E-state index in [1.165, 1.54) is 5.56 Å². The Hall–Kier alpha value is -1.33. The van der Waals surface area contributed by atoms with E-state index in [-0.39, 0.29) is 0 Å². The Morgan fingerprint density at radius 2 is 2.21 bits per heavy atom. The molecule has 4 nitrogen and oxygen atoms in total. The fraction of sp³-hybridized carbons (Fsp3) is 0.357. The Labute approximate surface area is 120 Å². The molecule has 2 aromatic heterocycles. The molecular weight excluding hydrogens is 304 g/mol. The number of halogens is 1. The second-order valence-electron chi connectivity index (χ2n) is 4.56. The van der Waals surface area contributed by atoms with Gasteiger partial charge in [-0.15, -0.1) is 0 Å². The van der Waals surface area contributed by atoms with Gasteiger partial charge in [0.2, 0.25) is 0 Å². The zero-order valence-electron chi connectivity index (χ0n) is 10.8. The molecule has 0 radical (unpaired) electrons. The summed E-state index contributed by atoms with van der Waals surface area (Å²) in [7, 11) is 0. The van der Waals surface area contributed by atoms with E-state index in [1.54, 1.807) is 6.20 Å². The van der Waals surface area contributed by atoms with E-state index in [0.717, 1.165) is 53.3 Å². The largest absolute Gasteiger partial charge is 0.311 e. The Balaban J connectivity index is 2.09. The van der Waals surface area contributed by atoms with Gasteiger partial charge in [0.05, 0.1) is 5.69 Å². The molecule has 1 N–H and O–H groups in total. The standard InChI is InChI=1S/C14H15BrN4/c1-2-11-10-5-6-16-8-13(10)19-14(18-11)12-4-3-9(15)7-17-12/h3-4,7,16H,2,5-6,8H2,1H3. The summed E-state index contributed by atoms with van der Waals surface area (Å²) >= 11 is 3.39. The first-order chi connectivity index (χ1) is 9.28. The molecule has 19 heavy (non-hydrogen) atoms. The molecule has 0 amide bonds. The predicted molar refractivity (Wildman–Crippen MR) is 77.8 cm³/mol. The van der Waals surface area contributed by atoms with Crippen molar-refractivity contribution in [3.8, 4) is 11.5 Å². The second kappa shape index (κ2) is 5.35. The Bertz CT molecular complexity index is 578. The van der Waals surface area contributed by atoms with Crippen LogP contribution < -0.4 is 5.32 Å². The van der Waals surface area contributed by atoms with Crippen molar-refractivity contribution in [1.29, 1.82) is 0 Å². The Morgan fingerprint density at radius 3 is 2.95 bits per heavy atom. The number of nitrogens with zero attached hydrogens (tertiary/aromatic N) is 3. The van der Waals surface area contributed by atoms with Crippen molar-refractivity contribution >= 4 is 15.9 Å². The third-order valence-corrected chi connectivity index (χ3v) is 3.78. The third-order valence-electron chi connectivity index (χ3n) is 3.31. The summed E-state index contributed by atoms with van der Waals surface area (Å²) in [5.74, 6) is 0.729. The highest BCUT2D eigenvalue weighted by molar-refractivity contribution is 9.10. The van der Waals surface area contributed by atoms with Crippen molar-refractivity contribution < 1.29 is 0 Å². The summed E-state index contributed by atoms with van der Waals surface area (Å²) in [5.41, 5.74) is 4.43. The van der Waals surface area contributed by atoms with Crippen LogP contribution in [0.15, 0.2) is 22.8 Å². The van der Waals surface area contributed by atoms with Gasteiger partial charge >= 0.3 is 0 Å². The minimum Gasteiger partial charge on any atom is -0.311 e. The van der Waals surface area contributed by atoms with Gasteiger partial charge in [0.15, 0.2) is 5.82 Å². The number of pyridine rings is 1. The second-order valence-corrected chi connectivity index (χ2v) is 5.48. The maximum atomic E-state index is 4.69. The van der Waals surface area contributed by atoms with E-state index in [1.807, 2.05) is 12.1 Å². The molecule has 0 unspecified atom stereocenters. The minimum atomic E-state index is 0.729. The van der Waals surface area contributed by atoms with Gasteiger partial charge in [-0.3, -0.25) is 4.98 Å². The Morgan fingerprint density at radius 1 is 1.32 bits per heavy atom. The smallest absolute Gasteiger partial charge is 0.178 e. The maximum absolute atomic E-state index is 4.69. The Kier molecular flexibility index (Phi) is 3.57. The predicted octanol–water partition coefficient (Wildman–Crippen LogP) is 2.51. The quantitative estimate of drug-likeness (QED) is 0.924. The molecular formula is C14H15BrN4. The van der Waals surface area contributed by atoms with Crippen LogP contribution >= 0.6 is 15.9 Å². The van der Waals surface area contributed by atoms with Crippen molar-refractivity contribution in [2.24, 2.45) is 0 Å². The van der Waals surface area contributed by atoms with Crippen molar-refractivity contribution in [1.82, 2.24) is 20.3 Å². The maximum Gasteiger partial charge on any atom is 0.178 e. The van der Waals surface area contributed by atoms with E-state index in [2.05, 4.69) is 43.1 Å². The van der Waals surface area contributed by atoms with Crippen LogP contribution in [0.1, 0.15) is 23.9 Å². The lowest BCUT2D eigenvalue weighted by atomic mass is 10.0. The lowest BCUT2D eigenvalue weighted by Crippen LogP contribution is -2.26. The highest BCUT2D eigenvalue weighted by atomic mass is 79.9. The van der Waals surface area contributed by atoms with Crippen LogP contribution in [0.25, 0.3) is 11.5 Å². The number of rotatable bonds is 2. The van der Waals surface area contributed by atoms with Gasteiger partial charge in [-0.1, -0.05) is 6.92 Å². The summed E-state index contributed by atoms with van der Waals surface area (Å²) in [6.07, 6.45) is 3.74. The first kappa shape index (κ1) is 12.7. The molecule has 0 spiro atoms. The minimum absolute atomic E-state index is 0.729. The fourth-order valence-electron chi connectivity index (χ4n) is 2.35. The van der Waals surface area contributed by atoms with Crippen LogP contribution in [0.4, 0.5) is 0 Å². The van der Waals surface area contributed by atoms with Gasteiger partial charge in [-0.05, 0) is 53.0 Å². The van der Waals surface area contributed by atoms with Crippen molar-refractivity contribution in [2.45, 2.75) is 26.3 Å². The molecule has 0 aliphatic carbocycles. The molecule has 5 heteroatoms. The summed E-state index contributed by atoms with van der Waals surface area (Å²) in [6.45, 7) is 3.98. The first-order valence-corrected chi connectivity index (χ1v) is 7.28. The SMILES string of the molecule is CCc1nc(-c2ccc(Br)cn2)nc2c1CCNC2. The monoisotopic (exact) mass is 318 g/mol. The van der Waals surface area contributed by atoms with Crippen LogP contribution in [0.5, 0.6) is 0 Å². The van der Waals surface area contributed by atoms with E-state index in [9.17, 15) is 0 Å². The van der Waals surface area contributed by atoms with Gasteiger partial charge in [-0.2, -0.15) is 0 Å². The lowest BCUT2D eigenvalue weighted by Gasteiger charge is -2.19. The molecule has 3 heterocycles. The average molecular weight is 319 g/mol. The molecule has 0 fully saturated rings. The number of aromatic nitrogens is 3. The summed E-state index contributed by atoms with van der Waals surface area (Å²) in [4.78, 5) is 13.7. The molecule has 0 saturated carbocycles. The van der Waals surface area contributed by atoms with Crippen LogP contribution in [0.3, 0.4) is 0 Å². The fourth-order valence-corrected chi connectivity index (χ4v) is 2.59. The van der Waals surface area contributed by atoms with Gasteiger partial charge < -0.3 is 5.32 Å². The molecule has 0 bridgehead atoms. The molecule has 1 aliphatic heterocycles. The highest BCUT2D eigenvalue weighted by Crippen LogP contribution is 2.21. The zero-order chi connectivity index (χ0) is 13.2. The van der Waals surface area contributed by atoms with E-state index in [0.29, 0.717) is 0 Å². The van der Waals surface area contributed by atoms with Crippen LogP contribution in [0.2, 0.25) is 0 Å². The average Bonchev–Trinajstić information content (AvgIpc) is 2.47. The first-order valence-electron chi connectivity index (χ1n) is 6.49. The summed E-state index contributed by atoms with van der Waals surface area (Å²) in [6, 6.07) is 3.91. The summed E-state index contributed by atoms with van der Waals surface area (Å²) < 4.78 is 0.964. The van der Waals surface area contributed by atoms with E-state index < -0.39 is 0 Å². The normalized spacial score (nSPS) is 14.2. The molecule has 0 aromatic carbocycles. The molecule has 98 valence electrons. The summed E-state index contributed by atoms with van der Waals surface area (Å²) in [5, 5.41) is 3.36. The van der Waals surface area contributed by atoms with Crippen LogP contribution in [-0.4, -0.2) is 21.5 Å². The van der Waals surface area contributed by atoms with Gasteiger partial charge in [0.25, 0.3) is 0 Å².